The van der Waals surface area contributed by atoms with Gasteiger partial charge in [-0.05, 0) is 40.5 Å². The minimum absolute atomic E-state index is 0.0579. The Morgan fingerprint density at radius 3 is 2.81 bits per heavy atom. The quantitative estimate of drug-likeness (QED) is 0.910. The SMILES string of the molecule is Cc1[nH]n(Cc2cccc(Cl)c2)c(=O)c1Br. The first-order chi connectivity index (χ1) is 7.58. The summed E-state index contributed by atoms with van der Waals surface area (Å²) in [5.41, 5.74) is 1.76. The van der Waals surface area contributed by atoms with Crippen molar-refractivity contribution >= 4 is 27.5 Å². The first-order valence-electron chi connectivity index (χ1n) is 4.77. The van der Waals surface area contributed by atoms with Gasteiger partial charge in [0, 0.05) is 10.7 Å². The van der Waals surface area contributed by atoms with E-state index in [1.807, 2.05) is 31.2 Å². The maximum atomic E-state index is 11.7. The van der Waals surface area contributed by atoms with Gasteiger partial charge in [-0.25, -0.2) is 4.68 Å². The van der Waals surface area contributed by atoms with Crippen LogP contribution >= 0.6 is 27.5 Å². The van der Waals surface area contributed by atoms with Gasteiger partial charge in [-0.3, -0.25) is 9.89 Å². The van der Waals surface area contributed by atoms with Crippen LogP contribution in [0.4, 0.5) is 0 Å². The maximum Gasteiger partial charge on any atom is 0.281 e. The molecule has 1 aromatic carbocycles. The van der Waals surface area contributed by atoms with Gasteiger partial charge >= 0.3 is 0 Å². The third kappa shape index (κ3) is 2.23. The Kier molecular flexibility index (Phi) is 3.21. The van der Waals surface area contributed by atoms with Crippen molar-refractivity contribution in [2.45, 2.75) is 13.5 Å². The summed E-state index contributed by atoms with van der Waals surface area (Å²) in [6.07, 6.45) is 0. The highest BCUT2D eigenvalue weighted by Gasteiger charge is 2.07. The van der Waals surface area contributed by atoms with Crippen molar-refractivity contribution in [3.8, 4) is 0 Å². The van der Waals surface area contributed by atoms with Gasteiger partial charge in [0.15, 0.2) is 0 Å². The lowest BCUT2D eigenvalue weighted by atomic mass is 10.2. The summed E-state index contributed by atoms with van der Waals surface area (Å²) in [4.78, 5) is 11.7. The molecule has 0 aliphatic carbocycles. The first kappa shape index (κ1) is 11.5. The largest absolute Gasteiger partial charge is 0.299 e. The molecule has 0 aliphatic heterocycles. The van der Waals surface area contributed by atoms with Crippen LogP contribution in [-0.2, 0) is 6.54 Å². The van der Waals surface area contributed by atoms with Crippen LogP contribution in [0.2, 0.25) is 5.02 Å². The summed E-state index contributed by atoms with van der Waals surface area (Å²) < 4.78 is 2.12. The summed E-state index contributed by atoms with van der Waals surface area (Å²) in [7, 11) is 0. The summed E-state index contributed by atoms with van der Waals surface area (Å²) in [5, 5.41) is 3.67. The Balaban J connectivity index is 2.34. The maximum absolute atomic E-state index is 11.7. The number of H-pyrrole nitrogens is 1. The van der Waals surface area contributed by atoms with Crippen LogP contribution in [0.1, 0.15) is 11.3 Å². The number of rotatable bonds is 2. The fraction of sp³-hybridized carbons (Fsp3) is 0.182. The second-order valence-corrected chi connectivity index (χ2v) is 4.80. The van der Waals surface area contributed by atoms with E-state index >= 15 is 0 Å². The van der Waals surface area contributed by atoms with Gasteiger partial charge in [0.25, 0.3) is 5.56 Å². The minimum Gasteiger partial charge on any atom is -0.299 e. The molecule has 1 N–H and O–H groups in total. The number of hydrogen-bond donors (Lipinski definition) is 1. The molecule has 2 aromatic rings. The zero-order valence-electron chi connectivity index (χ0n) is 8.63. The zero-order chi connectivity index (χ0) is 11.7. The molecule has 0 unspecified atom stereocenters. The molecular weight excluding hydrogens is 291 g/mol. The van der Waals surface area contributed by atoms with E-state index in [1.54, 1.807) is 4.68 Å². The lowest BCUT2D eigenvalue weighted by molar-refractivity contribution is 0.657. The number of aryl methyl sites for hydroxylation is 1. The number of aromatic nitrogens is 2. The van der Waals surface area contributed by atoms with Crippen molar-refractivity contribution in [3.05, 3.63) is 55.4 Å². The van der Waals surface area contributed by atoms with Crippen molar-refractivity contribution in [1.29, 1.82) is 0 Å². The normalized spacial score (nSPS) is 10.7. The Labute approximate surface area is 106 Å². The zero-order valence-corrected chi connectivity index (χ0v) is 11.0. The summed E-state index contributed by atoms with van der Waals surface area (Å²) in [5.74, 6) is 0. The van der Waals surface area contributed by atoms with Gasteiger partial charge in [0.1, 0.15) is 4.47 Å². The smallest absolute Gasteiger partial charge is 0.281 e. The molecule has 1 aromatic heterocycles. The second kappa shape index (κ2) is 4.47. The van der Waals surface area contributed by atoms with Crippen molar-refractivity contribution in [1.82, 2.24) is 9.78 Å². The van der Waals surface area contributed by atoms with E-state index in [9.17, 15) is 4.79 Å². The topological polar surface area (TPSA) is 37.8 Å². The molecule has 84 valence electrons. The van der Waals surface area contributed by atoms with Crippen LogP contribution in [0.5, 0.6) is 0 Å². The third-order valence-corrected chi connectivity index (χ3v) is 3.46. The van der Waals surface area contributed by atoms with Gasteiger partial charge < -0.3 is 0 Å². The van der Waals surface area contributed by atoms with Gasteiger partial charge in [-0.1, -0.05) is 23.7 Å². The van der Waals surface area contributed by atoms with Gasteiger partial charge in [-0.15, -0.1) is 0 Å². The highest BCUT2D eigenvalue weighted by Crippen LogP contribution is 2.12. The standard InChI is InChI=1S/C11H10BrClN2O/c1-7-10(12)11(16)15(14-7)6-8-3-2-4-9(13)5-8/h2-5,14H,6H2,1H3. The fourth-order valence-corrected chi connectivity index (χ4v) is 2.03. The van der Waals surface area contributed by atoms with E-state index in [1.165, 1.54) is 0 Å². The monoisotopic (exact) mass is 300 g/mol. The van der Waals surface area contributed by atoms with E-state index in [-0.39, 0.29) is 5.56 Å². The Bertz CT molecular complexity index is 574. The molecule has 3 nitrogen and oxygen atoms in total. The van der Waals surface area contributed by atoms with Gasteiger partial charge in [-0.2, -0.15) is 0 Å². The van der Waals surface area contributed by atoms with E-state index in [0.717, 1.165) is 11.3 Å². The summed E-state index contributed by atoms with van der Waals surface area (Å²) >= 11 is 9.12. The Hall–Kier alpha value is -1.00. The van der Waals surface area contributed by atoms with Crippen LogP contribution in [0.25, 0.3) is 0 Å². The summed E-state index contributed by atoms with van der Waals surface area (Å²) in [6, 6.07) is 7.46. The molecule has 1 heterocycles. The number of nitrogens with one attached hydrogen (secondary N) is 1. The van der Waals surface area contributed by atoms with Crippen LogP contribution in [0.15, 0.2) is 33.5 Å². The van der Waals surface area contributed by atoms with Crippen molar-refractivity contribution in [2.75, 3.05) is 0 Å². The Morgan fingerprint density at radius 1 is 1.50 bits per heavy atom. The number of halogens is 2. The molecule has 0 fully saturated rings. The van der Waals surface area contributed by atoms with Crippen molar-refractivity contribution in [2.24, 2.45) is 0 Å². The predicted octanol–water partition coefficient (Wildman–Crippen LogP) is 2.95. The van der Waals surface area contributed by atoms with Crippen LogP contribution in [0.3, 0.4) is 0 Å². The van der Waals surface area contributed by atoms with E-state index in [2.05, 4.69) is 21.0 Å². The molecule has 0 saturated heterocycles. The predicted molar refractivity (Wildman–Crippen MR) is 68.0 cm³/mol. The number of hydrogen-bond acceptors (Lipinski definition) is 1. The fourth-order valence-electron chi connectivity index (χ4n) is 1.51. The highest BCUT2D eigenvalue weighted by atomic mass is 79.9. The molecule has 0 saturated carbocycles. The Morgan fingerprint density at radius 2 is 2.25 bits per heavy atom. The van der Waals surface area contributed by atoms with E-state index < -0.39 is 0 Å². The van der Waals surface area contributed by atoms with Gasteiger partial charge in [0.05, 0.1) is 6.54 Å². The molecular formula is C11H10BrClN2O. The summed E-state index contributed by atoms with van der Waals surface area (Å²) in [6.45, 7) is 2.34. The van der Waals surface area contributed by atoms with Crippen molar-refractivity contribution < 1.29 is 0 Å². The molecule has 0 aliphatic rings. The number of benzene rings is 1. The molecule has 0 atom stereocenters. The average molecular weight is 302 g/mol. The number of nitrogens with zero attached hydrogens (tertiary/aromatic N) is 1. The molecule has 0 radical (unpaired) electrons. The van der Waals surface area contributed by atoms with Crippen LogP contribution in [0, 0.1) is 6.92 Å². The van der Waals surface area contributed by atoms with Crippen LogP contribution in [-0.4, -0.2) is 9.78 Å². The molecule has 5 heteroatoms. The van der Waals surface area contributed by atoms with Gasteiger partial charge in [0.2, 0.25) is 0 Å². The molecule has 0 spiro atoms. The molecule has 0 bridgehead atoms. The molecule has 0 amide bonds. The third-order valence-electron chi connectivity index (χ3n) is 2.29. The molecule has 16 heavy (non-hydrogen) atoms. The average Bonchev–Trinajstić information content (AvgIpc) is 2.47. The lowest BCUT2D eigenvalue weighted by Gasteiger charge is -2.02. The first-order valence-corrected chi connectivity index (χ1v) is 5.94. The van der Waals surface area contributed by atoms with Crippen LogP contribution < -0.4 is 5.56 Å². The minimum atomic E-state index is -0.0579. The van der Waals surface area contributed by atoms with E-state index in [4.69, 9.17) is 11.6 Å². The highest BCUT2D eigenvalue weighted by molar-refractivity contribution is 9.10. The number of aromatic amines is 1. The lowest BCUT2D eigenvalue weighted by Crippen LogP contribution is -2.17. The second-order valence-electron chi connectivity index (χ2n) is 3.57. The molecule has 2 rings (SSSR count). The van der Waals surface area contributed by atoms with E-state index in [0.29, 0.717) is 16.0 Å². The van der Waals surface area contributed by atoms with Crippen molar-refractivity contribution in [3.63, 3.8) is 0 Å².